The molecular formula is C13H16N4O2. The molecule has 0 atom stereocenters. The van der Waals surface area contributed by atoms with Gasteiger partial charge in [0.25, 0.3) is 5.56 Å². The molecule has 0 saturated heterocycles. The van der Waals surface area contributed by atoms with Crippen molar-refractivity contribution in [2.75, 3.05) is 17.6 Å². The molecule has 0 aliphatic heterocycles. The van der Waals surface area contributed by atoms with Crippen LogP contribution in [0.5, 0.6) is 0 Å². The van der Waals surface area contributed by atoms with Gasteiger partial charge in [0, 0.05) is 6.54 Å². The van der Waals surface area contributed by atoms with Gasteiger partial charge in [-0.25, -0.2) is 4.98 Å². The molecule has 1 aliphatic rings. The second kappa shape index (κ2) is 4.24. The highest BCUT2D eigenvalue weighted by Crippen LogP contribution is 2.32. The van der Waals surface area contributed by atoms with Crippen LogP contribution < -0.4 is 16.6 Å². The highest BCUT2D eigenvalue weighted by atomic mass is 16.3. The molecule has 1 fully saturated rings. The second-order valence-electron chi connectivity index (χ2n) is 5.12. The number of anilines is 2. The topological polar surface area (TPSA) is 104 Å². The van der Waals surface area contributed by atoms with Crippen LogP contribution >= 0.6 is 0 Å². The van der Waals surface area contributed by atoms with Crippen molar-refractivity contribution in [1.29, 1.82) is 0 Å². The number of hydrogen-bond acceptors (Lipinski definition) is 5. The first-order chi connectivity index (χ1) is 9.07. The third kappa shape index (κ3) is 2.15. The average molecular weight is 260 g/mol. The van der Waals surface area contributed by atoms with E-state index in [9.17, 15) is 9.90 Å². The lowest BCUT2D eigenvalue weighted by Gasteiger charge is -2.37. The number of aromatic amines is 1. The van der Waals surface area contributed by atoms with Crippen molar-refractivity contribution in [3.05, 3.63) is 28.8 Å². The molecule has 6 nitrogen and oxygen atoms in total. The molecule has 3 rings (SSSR count). The van der Waals surface area contributed by atoms with Gasteiger partial charge < -0.3 is 21.1 Å². The van der Waals surface area contributed by atoms with Gasteiger partial charge in [0.1, 0.15) is 0 Å². The third-order valence-corrected chi connectivity index (χ3v) is 3.70. The van der Waals surface area contributed by atoms with Crippen molar-refractivity contribution >= 4 is 22.3 Å². The van der Waals surface area contributed by atoms with Gasteiger partial charge in [-0.1, -0.05) is 0 Å². The Morgan fingerprint density at radius 3 is 2.95 bits per heavy atom. The Labute approximate surface area is 109 Å². The van der Waals surface area contributed by atoms with Gasteiger partial charge >= 0.3 is 0 Å². The Morgan fingerprint density at radius 1 is 1.47 bits per heavy atom. The number of benzene rings is 1. The molecule has 0 radical (unpaired) electrons. The Morgan fingerprint density at radius 2 is 2.26 bits per heavy atom. The van der Waals surface area contributed by atoms with E-state index >= 15 is 0 Å². The fraction of sp³-hybridized carbons (Fsp3) is 0.385. The van der Waals surface area contributed by atoms with Gasteiger partial charge in [0.15, 0.2) is 0 Å². The molecular weight excluding hydrogens is 244 g/mol. The smallest absolute Gasteiger partial charge is 0.258 e. The Hall–Kier alpha value is -2.08. The predicted octanol–water partition coefficient (Wildman–Crippen LogP) is 0.832. The quantitative estimate of drug-likeness (QED) is 0.612. The summed E-state index contributed by atoms with van der Waals surface area (Å²) < 4.78 is 0. The fourth-order valence-corrected chi connectivity index (χ4v) is 2.31. The van der Waals surface area contributed by atoms with E-state index in [2.05, 4.69) is 15.3 Å². The Balaban J connectivity index is 1.91. The molecule has 0 unspecified atom stereocenters. The fourth-order valence-electron chi connectivity index (χ4n) is 2.31. The second-order valence-corrected chi connectivity index (χ2v) is 5.12. The lowest BCUT2D eigenvalue weighted by molar-refractivity contribution is -0.0201. The minimum atomic E-state index is -0.622. The van der Waals surface area contributed by atoms with Gasteiger partial charge in [0.05, 0.1) is 34.2 Å². The Kier molecular flexibility index (Phi) is 2.67. The summed E-state index contributed by atoms with van der Waals surface area (Å²) in [5, 5.41) is 13.7. The van der Waals surface area contributed by atoms with Crippen LogP contribution in [0.4, 0.5) is 11.4 Å². The van der Waals surface area contributed by atoms with Crippen LogP contribution in [0, 0.1) is 0 Å². The predicted molar refractivity (Wildman–Crippen MR) is 74.1 cm³/mol. The van der Waals surface area contributed by atoms with Gasteiger partial charge in [-0.3, -0.25) is 4.79 Å². The number of nitrogens with one attached hydrogen (secondary N) is 2. The van der Waals surface area contributed by atoms with Gasteiger partial charge in [0.2, 0.25) is 0 Å². The summed E-state index contributed by atoms with van der Waals surface area (Å²) >= 11 is 0. The van der Waals surface area contributed by atoms with E-state index in [1.54, 1.807) is 12.1 Å². The molecule has 1 heterocycles. The highest BCUT2D eigenvalue weighted by Gasteiger charge is 2.34. The number of aliphatic hydroxyl groups is 1. The van der Waals surface area contributed by atoms with Crippen LogP contribution in [0.3, 0.4) is 0 Å². The number of nitrogen functional groups attached to an aromatic ring is 1. The minimum absolute atomic E-state index is 0.208. The first-order valence-corrected chi connectivity index (χ1v) is 6.31. The van der Waals surface area contributed by atoms with Crippen molar-refractivity contribution in [3.63, 3.8) is 0 Å². The van der Waals surface area contributed by atoms with E-state index in [1.165, 1.54) is 6.33 Å². The van der Waals surface area contributed by atoms with Crippen molar-refractivity contribution in [2.45, 2.75) is 24.9 Å². The first-order valence-electron chi connectivity index (χ1n) is 6.31. The van der Waals surface area contributed by atoms with Gasteiger partial charge in [-0.2, -0.15) is 0 Å². The zero-order valence-corrected chi connectivity index (χ0v) is 10.4. The molecule has 1 aliphatic carbocycles. The maximum atomic E-state index is 11.6. The number of H-pyrrole nitrogens is 1. The summed E-state index contributed by atoms with van der Waals surface area (Å²) in [6.45, 7) is 0.464. The maximum absolute atomic E-state index is 11.6. The zero-order chi connectivity index (χ0) is 13.5. The molecule has 5 N–H and O–H groups in total. The standard InChI is InChI=1S/C13H16N4O2/c14-9-4-8-10(16-7-17-12(8)18)5-11(9)15-6-13(19)2-1-3-13/h4-5,7,15,19H,1-3,6,14H2,(H,16,17,18). The summed E-state index contributed by atoms with van der Waals surface area (Å²) in [4.78, 5) is 18.2. The normalized spacial score (nSPS) is 17.1. The van der Waals surface area contributed by atoms with Crippen molar-refractivity contribution in [2.24, 2.45) is 0 Å². The number of hydrogen-bond donors (Lipinski definition) is 4. The average Bonchev–Trinajstić information content (AvgIpc) is 2.35. The lowest BCUT2D eigenvalue weighted by Crippen LogP contribution is -2.43. The largest absolute Gasteiger partial charge is 0.397 e. The third-order valence-electron chi connectivity index (χ3n) is 3.70. The number of aromatic nitrogens is 2. The number of rotatable bonds is 3. The van der Waals surface area contributed by atoms with E-state index in [0.717, 1.165) is 19.3 Å². The van der Waals surface area contributed by atoms with Gasteiger partial charge in [-0.15, -0.1) is 0 Å². The monoisotopic (exact) mass is 260 g/mol. The molecule has 1 saturated carbocycles. The van der Waals surface area contributed by atoms with Gasteiger partial charge in [-0.05, 0) is 31.4 Å². The summed E-state index contributed by atoms with van der Waals surface area (Å²) in [7, 11) is 0. The first kappa shape index (κ1) is 12.0. The SMILES string of the molecule is Nc1cc2c(=O)[nH]cnc2cc1NCC1(O)CCC1. The summed E-state index contributed by atoms with van der Waals surface area (Å²) in [5.41, 5.74) is 6.85. The molecule has 0 amide bonds. The number of nitrogens with zero attached hydrogens (tertiary/aromatic N) is 1. The number of fused-ring (bicyclic) bond motifs is 1. The molecule has 2 aromatic rings. The summed E-state index contributed by atoms with van der Waals surface area (Å²) in [6, 6.07) is 3.34. The maximum Gasteiger partial charge on any atom is 0.258 e. The minimum Gasteiger partial charge on any atom is -0.397 e. The molecule has 1 aromatic carbocycles. The zero-order valence-electron chi connectivity index (χ0n) is 10.4. The molecule has 0 bridgehead atoms. The molecule has 0 spiro atoms. The van der Waals surface area contributed by atoms with Crippen LogP contribution in [-0.2, 0) is 0 Å². The van der Waals surface area contributed by atoms with E-state index in [1.807, 2.05) is 0 Å². The molecule has 100 valence electrons. The van der Waals surface area contributed by atoms with E-state index < -0.39 is 5.60 Å². The molecule has 6 heteroatoms. The highest BCUT2D eigenvalue weighted by molar-refractivity contribution is 5.88. The van der Waals surface area contributed by atoms with E-state index in [-0.39, 0.29) is 5.56 Å². The van der Waals surface area contributed by atoms with Crippen molar-refractivity contribution < 1.29 is 5.11 Å². The molecule has 1 aromatic heterocycles. The summed E-state index contributed by atoms with van der Waals surface area (Å²) in [6.07, 6.45) is 4.04. The van der Waals surface area contributed by atoms with Crippen LogP contribution in [-0.4, -0.2) is 27.2 Å². The molecule has 19 heavy (non-hydrogen) atoms. The summed E-state index contributed by atoms with van der Waals surface area (Å²) in [5.74, 6) is 0. The van der Waals surface area contributed by atoms with Crippen LogP contribution in [0.2, 0.25) is 0 Å². The van der Waals surface area contributed by atoms with Crippen molar-refractivity contribution in [1.82, 2.24) is 9.97 Å². The van der Waals surface area contributed by atoms with Crippen molar-refractivity contribution in [3.8, 4) is 0 Å². The van der Waals surface area contributed by atoms with Crippen LogP contribution in [0.15, 0.2) is 23.3 Å². The van der Waals surface area contributed by atoms with E-state index in [4.69, 9.17) is 5.73 Å². The Bertz CT molecular complexity index is 676. The van der Waals surface area contributed by atoms with E-state index in [0.29, 0.717) is 28.8 Å². The van der Waals surface area contributed by atoms with Crippen LogP contribution in [0.25, 0.3) is 10.9 Å². The van der Waals surface area contributed by atoms with Crippen LogP contribution in [0.1, 0.15) is 19.3 Å². The number of nitrogens with two attached hydrogens (primary N) is 1. The lowest BCUT2D eigenvalue weighted by atomic mass is 9.80.